The summed E-state index contributed by atoms with van der Waals surface area (Å²) in [6, 6.07) is 4.92. The van der Waals surface area contributed by atoms with Crippen LogP contribution >= 0.6 is 0 Å². The summed E-state index contributed by atoms with van der Waals surface area (Å²) in [4.78, 5) is 39.8. The van der Waals surface area contributed by atoms with E-state index >= 15 is 0 Å². The fourth-order valence-electron chi connectivity index (χ4n) is 5.01. The van der Waals surface area contributed by atoms with E-state index in [1.54, 1.807) is 0 Å². The van der Waals surface area contributed by atoms with Gasteiger partial charge >= 0.3 is 6.03 Å². The highest BCUT2D eigenvalue weighted by molar-refractivity contribution is 6.09. The summed E-state index contributed by atoms with van der Waals surface area (Å²) in [6.45, 7) is 6.94. The summed E-state index contributed by atoms with van der Waals surface area (Å²) in [6.07, 6.45) is 4.29. The zero-order valence-corrected chi connectivity index (χ0v) is 19.1. The molecule has 3 atom stereocenters. The number of nitrogens with zero attached hydrogens (tertiary/aromatic N) is 1. The zero-order valence-electron chi connectivity index (χ0n) is 19.1. The minimum absolute atomic E-state index is 0.0611. The third kappa shape index (κ3) is 4.14. The van der Waals surface area contributed by atoms with Gasteiger partial charge in [-0.1, -0.05) is 39.7 Å². The molecule has 1 saturated heterocycles. The summed E-state index contributed by atoms with van der Waals surface area (Å²) < 4.78 is 11.5. The van der Waals surface area contributed by atoms with Crippen molar-refractivity contribution < 1.29 is 23.9 Å². The number of rotatable bonds is 5. The first-order valence-corrected chi connectivity index (χ1v) is 11.6. The number of hydrogen-bond acceptors (Lipinski definition) is 5. The molecular weight excluding hydrogens is 410 g/mol. The largest absolute Gasteiger partial charge is 0.490 e. The van der Waals surface area contributed by atoms with Crippen LogP contribution in [0.3, 0.4) is 0 Å². The number of carbonyl (C=O) groups is 3. The Hall–Kier alpha value is -2.77. The van der Waals surface area contributed by atoms with Crippen LogP contribution < -0.4 is 20.1 Å². The van der Waals surface area contributed by atoms with Crippen molar-refractivity contribution in [2.75, 3.05) is 19.8 Å². The zero-order chi connectivity index (χ0) is 22.9. The molecule has 1 saturated carbocycles. The molecule has 174 valence electrons. The van der Waals surface area contributed by atoms with Gasteiger partial charge < -0.3 is 20.1 Å². The van der Waals surface area contributed by atoms with Crippen molar-refractivity contribution >= 4 is 17.8 Å². The highest BCUT2D eigenvalue weighted by atomic mass is 16.5. The maximum absolute atomic E-state index is 13.2. The average Bonchev–Trinajstić information content (AvgIpc) is 2.92. The van der Waals surface area contributed by atoms with Crippen LogP contribution in [0.5, 0.6) is 11.5 Å². The first-order chi connectivity index (χ1) is 15.3. The monoisotopic (exact) mass is 443 g/mol. The van der Waals surface area contributed by atoms with E-state index in [0.717, 1.165) is 36.1 Å². The first-order valence-electron chi connectivity index (χ1n) is 11.6. The molecule has 2 heterocycles. The van der Waals surface area contributed by atoms with Crippen LogP contribution in [0.25, 0.3) is 0 Å². The smallest absolute Gasteiger partial charge is 0.325 e. The van der Waals surface area contributed by atoms with E-state index < -0.39 is 11.6 Å². The Balaban J connectivity index is 1.47. The third-order valence-electron chi connectivity index (χ3n) is 6.92. The number of ether oxygens (including phenoxy) is 2. The van der Waals surface area contributed by atoms with E-state index in [2.05, 4.69) is 10.6 Å². The van der Waals surface area contributed by atoms with Gasteiger partial charge in [-0.2, -0.15) is 0 Å². The van der Waals surface area contributed by atoms with Crippen LogP contribution in [-0.4, -0.2) is 48.0 Å². The molecule has 1 aromatic rings. The van der Waals surface area contributed by atoms with Crippen molar-refractivity contribution in [3.05, 3.63) is 23.8 Å². The highest BCUT2D eigenvalue weighted by Crippen LogP contribution is 2.38. The number of benzene rings is 1. The van der Waals surface area contributed by atoms with Crippen LogP contribution in [0.15, 0.2) is 18.2 Å². The van der Waals surface area contributed by atoms with E-state index in [9.17, 15) is 14.4 Å². The van der Waals surface area contributed by atoms with Crippen LogP contribution in [0.1, 0.15) is 64.5 Å². The van der Waals surface area contributed by atoms with Crippen LogP contribution in [-0.2, 0) is 9.59 Å². The van der Waals surface area contributed by atoms with Gasteiger partial charge in [0, 0.05) is 6.42 Å². The summed E-state index contributed by atoms with van der Waals surface area (Å²) in [5, 5.41) is 5.92. The molecule has 1 aromatic carbocycles. The molecule has 2 N–H and O–H groups in total. The molecule has 0 aromatic heterocycles. The lowest BCUT2D eigenvalue weighted by molar-refractivity contribution is -0.137. The molecule has 4 rings (SSSR count). The fourth-order valence-corrected chi connectivity index (χ4v) is 5.01. The molecule has 8 nitrogen and oxygen atoms in total. The standard InChI is InChI=1S/C24H33N3O5/c1-15(2)21(17-8-9-18-19(13-17)32-12-6-11-31-18)25-20(28)14-27-22(29)24(26-23(27)30)10-5-4-7-16(24)3/h8-9,13,15-16,21H,4-7,10-12,14H2,1-3H3,(H,25,28)(H,26,30). The second-order valence-corrected chi connectivity index (χ2v) is 9.49. The summed E-state index contributed by atoms with van der Waals surface area (Å²) >= 11 is 0. The van der Waals surface area contributed by atoms with Gasteiger partial charge in [0.05, 0.1) is 19.3 Å². The molecule has 32 heavy (non-hydrogen) atoms. The number of nitrogens with one attached hydrogen (secondary N) is 2. The van der Waals surface area contributed by atoms with Crippen molar-refractivity contribution in [2.24, 2.45) is 11.8 Å². The molecule has 0 radical (unpaired) electrons. The topological polar surface area (TPSA) is 97.0 Å². The van der Waals surface area contributed by atoms with Gasteiger partial charge in [-0.3, -0.25) is 14.5 Å². The third-order valence-corrected chi connectivity index (χ3v) is 6.92. The normalized spacial score (nSPS) is 26.1. The lowest BCUT2D eigenvalue weighted by Gasteiger charge is -2.36. The predicted molar refractivity (Wildman–Crippen MR) is 118 cm³/mol. The van der Waals surface area contributed by atoms with Crippen molar-refractivity contribution in [3.8, 4) is 11.5 Å². The van der Waals surface area contributed by atoms with Crippen molar-refractivity contribution in [2.45, 2.75) is 64.5 Å². The predicted octanol–water partition coefficient (Wildman–Crippen LogP) is 3.16. The molecule has 3 unspecified atom stereocenters. The number of amides is 4. The number of fused-ring (bicyclic) bond motifs is 1. The second kappa shape index (κ2) is 9.00. The fraction of sp³-hybridized carbons (Fsp3) is 0.625. The molecule has 1 spiro atoms. The summed E-state index contributed by atoms with van der Waals surface area (Å²) in [7, 11) is 0. The Labute approximate surface area is 189 Å². The van der Waals surface area contributed by atoms with Gasteiger partial charge in [-0.25, -0.2) is 4.79 Å². The minimum atomic E-state index is -0.860. The molecule has 4 amide bonds. The van der Waals surface area contributed by atoms with Gasteiger partial charge in [-0.05, 0) is 42.4 Å². The molecule has 0 bridgehead atoms. The average molecular weight is 444 g/mol. The van der Waals surface area contributed by atoms with Crippen molar-refractivity contribution in [3.63, 3.8) is 0 Å². The Kier molecular flexibility index (Phi) is 6.31. The minimum Gasteiger partial charge on any atom is -0.490 e. The van der Waals surface area contributed by atoms with E-state index in [1.165, 1.54) is 0 Å². The highest BCUT2D eigenvalue weighted by Gasteiger charge is 2.55. The Morgan fingerprint density at radius 1 is 1.19 bits per heavy atom. The van der Waals surface area contributed by atoms with E-state index in [1.807, 2.05) is 39.0 Å². The molecular formula is C24H33N3O5. The van der Waals surface area contributed by atoms with E-state index in [4.69, 9.17) is 9.47 Å². The molecule has 2 aliphatic heterocycles. The maximum atomic E-state index is 13.2. The quantitative estimate of drug-likeness (QED) is 0.682. The summed E-state index contributed by atoms with van der Waals surface area (Å²) in [5.74, 6) is 0.886. The maximum Gasteiger partial charge on any atom is 0.325 e. The molecule has 3 aliphatic rings. The Morgan fingerprint density at radius 2 is 1.94 bits per heavy atom. The molecule has 8 heteroatoms. The van der Waals surface area contributed by atoms with Gasteiger partial charge in [0.1, 0.15) is 12.1 Å². The second-order valence-electron chi connectivity index (χ2n) is 9.49. The number of carbonyl (C=O) groups excluding carboxylic acids is 3. The Bertz CT molecular complexity index is 902. The number of urea groups is 1. The van der Waals surface area contributed by atoms with E-state index in [0.29, 0.717) is 31.1 Å². The van der Waals surface area contributed by atoms with Crippen LogP contribution in [0.4, 0.5) is 4.79 Å². The summed E-state index contributed by atoms with van der Waals surface area (Å²) in [5.41, 5.74) is 0.0358. The van der Waals surface area contributed by atoms with Crippen LogP contribution in [0, 0.1) is 11.8 Å². The number of hydrogen-bond donors (Lipinski definition) is 2. The van der Waals surface area contributed by atoms with Gasteiger partial charge in [0.25, 0.3) is 5.91 Å². The molecule has 2 fully saturated rings. The first kappa shape index (κ1) is 22.4. The lowest BCUT2D eigenvalue weighted by Crippen LogP contribution is -2.54. The van der Waals surface area contributed by atoms with Gasteiger partial charge in [-0.15, -0.1) is 0 Å². The number of imide groups is 1. The Morgan fingerprint density at radius 3 is 2.66 bits per heavy atom. The lowest BCUT2D eigenvalue weighted by atomic mass is 9.73. The van der Waals surface area contributed by atoms with Crippen LogP contribution in [0.2, 0.25) is 0 Å². The SMILES string of the molecule is CC(C)C(NC(=O)CN1C(=O)NC2(CCCCC2C)C1=O)c1ccc2c(c1)OCCCO2. The van der Waals surface area contributed by atoms with Gasteiger partial charge in [0.2, 0.25) is 5.91 Å². The van der Waals surface area contributed by atoms with Gasteiger partial charge in [0.15, 0.2) is 11.5 Å². The molecule has 1 aliphatic carbocycles. The van der Waals surface area contributed by atoms with Crippen molar-refractivity contribution in [1.29, 1.82) is 0 Å². The van der Waals surface area contributed by atoms with E-state index in [-0.39, 0.29) is 36.2 Å². The van der Waals surface area contributed by atoms with Crippen molar-refractivity contribution in [1.82, 2.24) is 15.5 Å².